The van der Waals surface area contributed by atoms with Gasteiger partial charge in [0.2, 0.25) is 5.91 Å². The number of alkyl halides is 1. The second kappa shape index (κ2) is 8.83. The SMILES string of the molecule is C[C@]1(N2CCC(c3cc4cc(NC(=O)[C@@H]5CC[C@@H]5C#N)ncc4cc3Cl)CC2)COC[C@H]1F. The Morgan fingerprint density at radius 1 is 1.27 bits per heavy atom. The summed E-state index contributed by atoms with van der Waals surface area (Å²) in [6.07, 6.45) is 4.08. The summed E-state index contributed by atoms with van der Waals surface area (Å²) < 4.78 is 19.8. The summed E-state index contributed by atoms with van der Waals surface area (Å²) in [6.45, 7) is 4.18. The van der Waals surface area contributed by atoms with Crippen molar-refractivity contribution in [3.8, 4) is 6.07 Å². The van der Waals surface area contributed by atoms with Gasteiger partial charge in [-0.1, -0.05) is 11.6 Å². The molecule has 1 aromatic carbocycles. The molecule has 6 nitrogen and oxygen atoms in total. The molecular formula is C25H28ClFN4O2. The van der Waals surface area contributed by atoms with E-state index in [2.05, 4.69) is 27.3 Å². The molecule has 0 spiro atoms. The van der Waals surface area contributed by atoms with Crippen molar-refractivity contribution in [1.82, 2.24) is 9.88 Å². The first kappa shape index (κ1) is 22.5. The number of carbonyl (C=O) groups is 1. The van der Waals surface area contributed by atoms with E-state index in [9.17, 15) is 9.18 Å². The molecule has 174 valence electrons. The Morgan fingerprint density at radius 2 is 2.06 bits per heavy atom. The smallest absolute Gasteiger partial charge is 0.229 e. The normalized spacial score (nSPS) is 30.7. The van der Waals surface area contributed by atoms with E-state index in [-0.39, 0.29) is 24.3 Å². The van der Waals surface area contributed by atoms with Crippen LogP contribution in [0.4, 0.5) is 10.2 Å². The van der Waals surface area contributed by atoms with Gasteiger partial charge < -0.3 is 10.1 Å². The van der Waals surface area contributed by atoms with Gasteiger partial charge in [0.25, 0.3) is 0 Å². The molecule has 1 aliphatic carbocycles. The number of rotatable bonds is 4. The van der Waals surface area contributed by atoms with Crippen LogP contribution in [-0.2, 0) is 9.53 Å². The van der Waals surface area contributed by atoms with Gasteiger partial charge in [0.1, 0.15) is 12.0 Å². The number of hydrogen-bond acceptors (Lipinski definition) is 5. The molecule has 1 aromatic heterocycles. The number of carbonyl (C=O) groups excluding carboxylic acids is 1. The van der Waals surface area contributed by atoms with E-state index < -0.39 is 11.7 Å². The lowest BCUT2D eigenvalue weighted by Crippen LogP contribution is -2.55. The van der Waals surface area contributed by atoms with Gasteiger partial charge in [-0.15, -0.1) is 0 Å². The number of likely N-dealkylation sites (tertiary alicyclic amines) is 1. The van der Waals surface area contributed by atoms with Crippen molar-refractivity contribution in [2.24, 2.45) is 11.8 Å². The predicted octanol–water partition coefficient (Wildman–Crippen LogP) is 4.68. The van der Waals surface area contributed by atoms with Gasteiger partial charge in [-0.25, -0.2) is 9.37 Å². The molecule has 2 saturated heterocycles. The molecule has 3 aliphatic rings. The number of aromatic nitrogens is 1. The van der Waals surface area contributed by atoms with Gasteiger partial charge >= 0.3 is 0 Å². The van der Waals surface area contributed by atoms with Crippen LogP contribution in [0.2, 0.25) is 5.02 Å². The van der Waals surface area contributed by atoms with Gasteiger partial charge in [0, 0.05) is 16.6 Å². The Hall–Kier alpha value is -2.27. The Kier molecular flexibility index (Phi) is 6.02. The van der Waals surface area contributed by atoms with Crippen LogP contribution in [0.15, 0.2) is 24.4 Å². The maximum atomic E-state index is 14.4. The zero-order valence-electron chi connectivity index (χ0n) is 18.7. The van der Waals surface area contributed by atoms with Gasteiger partial charge in [-0.2, -0.15) is 5.26 Å². The Bertz CT molecular complexity index is 1110. The number of benzene rings is 1. The van der Waals surface area contributed by atoms with E-state index in [0.717, 1.165) is 55.1 Å². The number of nitriles is 1. The molecule has 1 saturated carbocycles. The molecule has 2 aromatic rings. The van der Waals surface area contributed by atoms with E-state index in [1.807, 2.05) is 19.1 Å². The molecule has 0 bridgehead atoms. The number of anilines is 1. The van der Waals surface area contributed by atoms with E-state index >= 15 is 0 Å². The molecule has 8 heteroatoms. The third-order valence-electron chi connectivity index (χ3n) is 7.86. The number of fused-ring (bicyclic) bond motifs is 1. The van der Waals surface area contributed by atoms with Crippen molar-refractivity contribution in [3.05, 3.63) is 35.0 Å². The van der Waals surface area contributed by atoms with Gasteiger partial charge in [-0.05, 0) is 80.8 Å². The summed E-state index contributed by atoms with van der Waals surface area (Å²) in [7, 11) is 0. The number of hydrogen-bond donors (Lipinski definition) is 1. The summed E-state index contributed by atoms with van der Waals surface area (Å²) in [5.74, 6) is 0.181. The summed E-state index contributed by atoms with van der Waals surface area (Å²) in [5.41, 5.74) is 0.544. The molecule has 5 rings (SSSR count). The highest BCUT2D eigenvalue weighted by Gasteiger charge is 2.46. The number of pyridine rings is 1. The number of amides is 1. The Balaban J connectivity index is 1.31. The van der Waals surface area contributed by atoms with Crippen LogP contribution in [0.1, 0.15) is 44.1 Å². The highest BCUT2D eigenvalue weighted by molar-refractivity contribution is 6.32. The molecular weight excluding hydrogens is 443 g/mol. The molecule has 3 heterocycles. The lowest BCUT2D eigenvalue weighted by Gasteiger charge is -2.43. The summed E-state index contributed by atoms with van der Waals surface area (Å²) >= 11 is 6.65. The van der Waals surface area contributed by atoms with Crippen LogP contribution < -0.4 is 5.32 Å². The van der Waals surface area contributed by atoms with E-state index in [0.29, 0.717) is 23.4 Å². The topological polar surface area (TPSA) is 78.3 Å². The lowest BCUT2D eigenvalue weighted by molar-refractivity contribution is -0.123. The first-order valence-electron chi connectivity index (χ1n) is 11.7. The number of halogens is 2. The van der Waals surface area contributed by atoms with Gasteiger partial charge in [-0.3, -0.25) is 9.69 Å². The van der Waals surface area contributed by atoms with Crippen molar-refractivity contribution in [1.29, 1.82) is 5.26 Å². The van der Waals surface area contributed by atoms with Gasteiger partial charge in [0.15, 0.2) is 0 Å². The van der Waals surface area contributed by atoms with Crippen LogP contribution in [0, 0.1) is 23.2 Å². The maximum absolute atomic E-state index is 14.4. The predicted molar refractivity (Wildman–Crippen MR) is 125 cm³/mol. The largest absolute Gasteiger partial charge is 0.376 e. The fourth-order valence-electron chi connectivity index (χ4n) is 5.38. The molecule has 1 N–H and O–H groups in total. The van der Waals surface area contributed by atoms with E-state index in [1.54, 1.807) is 6.20 Å². The zero-order valence-corrected chi connectivity index (χ0v) is 19.4. The minimum atomic E-state index is -0.956. The second-order valence-electron chi connectivity index (χ2n) is 9.80. The molecule has 0 unspecified atom stereocenters. The Labute approximate surface area is 198 Å². The summed E-state index contributed by atoms with van der Waals surface area (Å²) in [6, 6.07) is 8.09. The van der Waals surface area contributed by atoms with E-state index in [4.69, 9.17) is 21.6 Å². The number of piperidine rings is 1. The number of ether oxygens (including phenoxy) is 1. The van der Waals surface area contributed by atoms with Gasteiger partial charge in [0.05, 0.1) is 36.7 Å². The molecule has 1 amide bonds. The average molecular weight is 471 g/mol. The van der Waals surface area contributed by atoms with Crippen LogP contribution in [0.5, 0.6) is 0 Å². The van der Waals surface area contributed by atoms with Crippen molar-refractivity contribution in [3.63, 3.8) is 0 Å². The van der Waals surface area contributed by atoms with E-state index in [1.165, 1.54) is 0 Å². The molecule has 4 atom stereocenters. The van der Waals surface area contributed by atoms with Crippen LogP contribution in [0.25, 0.3) is 10.8 Å². The third kappa shape index (κ3) is 4.09. The average Bonchev–Trinajstić information content (AvgIpc) is 3.12. The molecule has 2 aliphatic heterocycles. The minimum Gasteiger partial charge on any atom is -0.376 e. The zero-order chi connectivity index (χ0) is 23.2. The minimum absolute atomic E-state index is 0.142. The Morgan fingerprint density at radius 3 is 2.70 bits per heavy atom. The molecule has 3 fully saturated rings. The first-order valence-corrected chi connectivity index (χ1v) is 12.0. The van der Waals surface area contributed by atoms with Crippen LogP contribution >= 0.6 is 11.6 Å². The fraction of sp³-hybridized carbons (Fsp3) is 0.560. The number of nitrogens with zero attached hydrogens (tertiary/aromatic N) is 3. The quantitative estimate of drug-likeness (QED) is 0.701. The molecule has 33 heavy (non-hydrogen) atoms. The maximum Gasteiger partial charge on any atom is 0.229 e. The van der Waals surface area contributed by atoms with Crippen molar-refractivity contribution >= 4 is 34.1 Å². The molecule has 0 radical (unpaired) electrons. The van der Waals surface area contributed by atoms with Crippen molar-refractivity contribution < 1.29 is 13.9 Å². The standard InChI is InChI=1S/C25H28ClFN4O2/c1-25(14-33-13-22(25)27)31-6-4-15(5-7-31)20-8-17-10-23(29-12-18(17)9-21(20)26)30-24(32)19-3-2-16(19)11-28/h8-10,12,15-16,19,22H,2-7,13-14H2,1H3,(H,29,30,32)/t16-,19-,22-,25+/m1/s1. The first-order chi connectivity index (χ1) is 15.9. The summed E-state index contributed by atoms with van der Waals surface area (Å²) in [5, 5.41) is 14.6. The third-order valence-corrected chi connectivity index (χ3v) is 8.18. The summed E-state index contributed by atoms with van der Waals surface area (Å²) in [4.78, 5) is 19.1. The second-order valence-corrected chi connectivity index (χ2v) is 10.2. The highest BCUT2D eigenvalue weighted by Crippen LogP contribution is 2.39. The fourth-order valence-corrected chi connectivity index (χ4v) is 5.71. The monoisotopic (exact) mass is 470 g/mol. The lowest BCUT2D eigenvalue weighted by atomic mass is 9.74. The van der Waals surface area contributed by atoms with Crippen molar-refractivity contribution in [2.75, 3.05) is 31.6 Å². The highest BCUT2D eigenvalue weighted by atomic mass is 35.5. The van der Waals surface area contributed by atoms with Crippen molar-refractivity contribution in [2.45, 2.75) is 50.2 Å². The van der Waals surface area contributed by atoms with Crippen LogP contribution in [0.3, 0.4) is 0 Å². The number of nitrogens with one attached hydrogen (secondary N) is 1. The van der Waals surface area contributed by atoms with Crippen LogP contribution in [-0.4, -0.2) is 53.8 Å².